The maximum Gasteiger partial charge on any atom is 0.0534 e. The van der Waals surface area contributed by atoms with E-state index in [1.807, 2.05) is 10.9 Å². The van der Waals surface area contributed by atoms with E-state index in [4.69, 9.17) is 0 Å². The quantitative estimate of drug-likeness (QED) is 0.737. The number of aryl methyl sites for hydroxylation is 2. The van der Waals surface area contributed by atoms with Crippen molar-refractivity contribution in [3.8, 4) is 0 Å². The van der Waals surface area contributed by atoms with E-state index in [1.54, 1.807) is 0 Å². The van der Waals surface area contributed by atoms with E-state index in [1.165, 1.54) is 30.4 Å². The first-order valence-electron chi connectivity index (χ1n) is 7.08. The number of unbranched alkanes of at least 4 members (excludes halogenated alkanes) is 1. The molecule has 0 fully saturated rings. The Morgan fingerprint density at radius 3 is 2.68 bits per heavy atom. The van der Waals surface area contributed by atoms with Gasteiger partial charge in [0.2, 0.25) is 0 Å². The van der Waals surface area contributed by atoms with E-state index in [0.29, 0.717) is 0 Å². The van der Waals surface area contributed by atoms with Crippen molar-refractivity contribution >= 4 is 0 Å². The zero-order chi connectivity index (χ0) is 13.3. The van der Waals surface area contributed by atoms with Crippen LogP contribution in [-0.2, 0) is 13.0 Å². The molecule has 0 radical (unpaired) electrons. The molecule has 0 saturated carbocycles. The van der Waals surface area contributed by atoms with Crippen LogP contribution < -0.4 is 5.32 Å². The Kier molecular flexibility index (Phi) is 5.63. The minimum Gasteiger partial charge on any atom is -0.315 e. The van der Waals surface area contributed by atoms with Crippen molar-refractivity contribution in [2.24, 2.45) is 0 Å². The third-order valence-electron chi connectivity index (χ3n) is 3.19. The molecular weight excluding hydrogens is 234 g/mol. The van der Waals surface area contributed by atoms with Crippen molar-refractivity contribution < 1.29 is 0 Å². The summed E-state index contributed by atoms with van der Waals surface area (Å²) in [5.74, 6) is 0. The van der Waals surface area contributed by atoms with E-state index in [9.17, 15) is 0 Å². The molecule has 1 aromatic carbocycles. The highest BCUT2D eigenvalue weighted by molar-refractivity contribution is 5.14. The summed E-state index contributed by atoms with van der Waals surface area (Å²) in [6, 6.07) is 10.7. The fraction of sp³-hybridized carbons (Fsp3) is 0.438. The summed E-state index contributed by atoms with van der Waals surface area (Å²) in [6.07, 6.45) is 7.64. The van der Waals surface area contributed by atoms with Gasteiger partial charge >= 0.3 is 0 Å². The van der Waals surface area contributed by atoms with Gasteiger partial charge in [-0.05, 0) is 43.9 Å². The molecule has 0 aliphatic heterocycles. The predicted octanol–water partition coefficient (Wildman–Crippen LogP) is 2.80. The van der Waals surface area contributed by atoms with Crippen LogP contribution in [0.4, 0.5) is 0 Å². The van der Waals surface area contributed by atoms with Crippen LogP contribution in [0.2, 0.25) is 0 Å². The van der Waals surface area contributed by atoms with Crippen molar-refractivity contribution in [1.29, 1.82) is 0 Å². The summed E-state index contributed by atoms with van der Waals surface area (Å²) >= 11 is 0. The maximum absolute atomic E-state index is 4.27. The minimum atomic E-state index is 0.951. The highest BCUT2D eigenvalue weighted by atomic mass is 15.3. The van der Waals surface area contributed by atoms with E-state index in [0.717, 1.165) is 19.6 Å². The first-order valence-corrected chi connectivity index (χ1v) is 7.08. The highest BCUT2D eigenvalue weighted by Crippen LogP contribution is 2.03. The Balaban J connectivity index is 1.48. The van der Waals surface area contributed by atoms with Crippen molar-refractivity contribution in [1.82, 2.24) is 15.1 Å². The Bertz CT molecular complexity index is 462. The first kappa shape index (κ1) is 13.8. The summed E-state index contributed by atoms with van der Waals surface area (Å²) in [7, 11) is 0. The fourth-order valence-electron chi connectivity index (χ4n) is 2.13. The van der Waals surface area contributed by atoms with E-state index >= 15 is 0 Å². The summed E-state index contributed by atoms with van der Waals surface area (Å²) in [5.41, 5.74) is 2.66. The van der Waals surface area contributed by atoms with Gasteiger partial charge in [-0.15, -0.1) is 0 Å². The van der Waals surface area contributed by atoms with Crippen molar-refractivity contribution in [2.45, 2.75) is 32.7 Å². The molecule has 1 heterocycles. The summed E-state index contributed by atoms with van der Waals surface area (Å²) < 4.78 is 1.99. The van der Waals surface area contributed by atoms with Gasteiger partial charge in [-0.1, -0.05) is 30.3 Å². The van der Waals surface area contributed by atoms with Gasteiger partial charge in [0, 0.05) is 12.7 Å². The van der Waals surface area contributed by atoms with Gasteiger partial charge in [0.15, 0.2) is 0 Å². The Morgan fingerprint density at radius 2 is 1.95 bits per heavy atom. The van der Waals surface area contributed by atoms with Gasteiger partial charge < -0.3 is 5.32 Å². The SMILES string of the molecule is Cc1cnn(CCNCCCCc2ccccc2)c1. The van der Waals surface area contributed by atoms with Gasteiger partial charge in [0.05, 0.1) is 12.7 Å². The van der Waals surface area contributed by atoms with Gasteiger partial charge in [0.1, 0.15) is 0 Å². The molecule has 1 N–H and O–H groups in total. The summed E-state index contributed by atoms with van der Waals surface area (Å²) in [5, 5.41) is 7.73. The molecule has 2 aromatic rings. The van der Waals surface area contributed by atoms with Crippen molar-refractivity contribution in [3.63, 3.8) is 0 Å². The third kappa shape index (κ3) is 5.26. The number of nitrogens with one attached hydrogen (secondary N) is 1. The van der Waals surface area contributed by atoms with Crippen molar-refractivity contribution in [3.05, 3.63) is 53.9 Å². The zero-order valence-electron chi connectivity index (χ0n) is 11.7. The monoisotopic (exact) mass is 257 g/mol. The number of rotatable bonds is 8. The average molecular weight is 257 g/mol. The molecule has 1 aromatic heterocycles. The molecule has 0 amide bonds. The molecule has 3 heteroatoms. The van der Waals surface area contributed by atoms with E-state index in [-0.39, 0.29) is 0 Å². The van der Waals surface area contributed by atoms with Gasteiger partial charge in [0.25, 0.3) is 0 Å². The Hall–Kier alpha value is -1.61. The molecule has 0 spiro atoms. The number of nitrogens with zero attached hydrogens (tertiary/aromatic N) is 2. The van der Waals surface area contributed by atoms with Crippen LogP contribution in [0.15, 0.2) is 42.7 Å². The fourth-order valence-corrected chi connectivity index (χ4v) is 2.13. The van der Waals surface area contributed by atoms with Crippen LogP contribution in [0.1, 0.15) is 24.0 Å². The molecule has 19 heavy (non-hydrogen) atoms. The van der Waals surface area contributed by atoms with Gasteiger partial charge in [-0.25, -0.2) is 0 Å². The lowest BCUT2D eigenvalue weighted by Crippen LogP contribution is -2.21. The van der Waals surface area contributed by atoms with Gasteiger partial charge in [-0.2, -0.15) is 5.10 Å². The second-order valence-corrected chi connectivity index (χ2v) is 4.97. The average Bonchev–Trinajstić information content (AvgIpc) is 2.85. The van der Waals surface area contributed by atoms with Crippen LogP contribution in [0.25, 0.3) is 0 Å². The smallest absolute Gasteiger partial charge is 0.0534 e. The lowest BCUT2D eigenvalue weighted by Gasteiger charge is -2.05. The first-order chi connectivity index (χ1) is 9.34. The molecule has 0 saturated heterocycles. The topological polar surface area (TPSA) is 29.9 Å². The lowest BCUT2D eigenvalue weighted by molar-refractivity contribution is 0.541. The number of hydrogen-bond donors (Lipinski definition) is 1. The molecule has 2 rings (SSSR count). The second kappa shape index (κ2) is 7.74. The van der Waals surface area contributed by atoms with Crippen LogP contribution >= 0.6 is 0 Å². The molecule has 102 valence electrons. The molecule has 3 nitrogen and oxygen atoms in total. The second-order valence-electron chi connectivity index (χ2n) is 4.97. The molecule has 0 unspecified atom stereocenters. The molecular formula is C16H23N3. The lowest BCUT2D eigenvalue weighted by atomic mass is 10.1. The minimum absolute atomic E-state index is 0.951. The normalized spacial score (nSPS) is 10.8. The summed E-state index contributed by atoms with van der Waals surface area (Å²) in [4.78, 5) is 0. The number of aromatic nitrogens is 2. The zero-order valence-corrected chi connectivity index (χ0v) is 11.7. The number of benzene rings is 1. The van der Waals surface area contributed by atoms with Crippen LogP contribution in [0.5, 0.6) is 0 Å². The highest BCUT2D eigenvalue weighted by Gasteiger charge is 1.95. The maximum atomic E-state index is 4.27. The number of hydrogen-bond acceptors (Lipinski definition) is 2. The van der Waals surface area contributed by atoms with Crippen LogP contribution in [0, 0.1) is 6.92 Å². The molecule has 0 aliphatic carbocycles. The Morgan fingerprint density at radius 1 is 1.11 bits per heavy atom. The molecule has 0 bridgehead atoms. The Labute approximate surface area is 115 Å². The largest absolute Gasteiger partial charge is 0.315 e. The summed E-state index contributed by atoms with van der Waals surface area (Å²) in [6.45, 7) is 5.10. The van der Waals surface area contributed by atoms with E-state index in [2.05, 4.69) is 53.9 Å². The molecule has 0 aliphatic rings. The standard InChI is InChI=1S/C16H23N3/c1-15-13-18-19(14-15)12-11-17-10-6-5-9-16-7-3-2-4-8-16/h2-4,7-8,13-14,17H,5-6,9-12H2,1H3. The third-order valence-corrected chi connectivity index (χ3v) is 3.19. The molecule has 0 atom stereocenters. The van der Waals surface area contributed by atoms with Gasteiger partial charge in [-0.3, -0.25) is 4.68 Å². The van der Waals surface area contributed by atoms with Crippen LogP contribution in [0.3, 0.4) is 0 Å². The van der Waals surface area contributed by atoms with Crippen LogP contribution in [-0.4, -0.2) is 22.9 Å². The van der Waals surface area contributed by atoms with E-state index < -0.39 is 0 Å². The van der Waals surface area contributed by atoms with Crippen molar-refractivity contribution in [2.75, 3.05) is 13.1 Å². The predicted molar refractivity (Wildman–Crippen MR) is 79.2 cm³/mol.